The number of alkyl halides is 3. The Hall–Kier alpha value is -1.02. The monoisotopic (exact) mass is 385 g/mol. The third-order valence-electron chi connectivity index (χ3n) is 4.59. The lowest BCUT2D eigenvalue weighted by Gasteiger charge is -2.35. The molecule has 1 saturated heterocycles. The van der Waals surface area contributed by atoms with Gasteiger partial charge >= 0.3 is 6.18 Å². The fourth-order valence-corrected chi connectivity index (χ4v) is 3.04. The zero-order chi connectivity index (χ0) is 17.7. The Morgan fingerprint density at radius 3 is 2.48 bits per heavy atom. The van der Waals surface area contributed by atoms with Crippen molar-refractivity contribution in [3.05, 3.63) is 0 Å². The minimum absolute atomic E-state index is 0. The minimum atomic E-state index is -4.40. The van der Waals surface area contributed by atoms with Crippen molar-refractivity contribution in [1.29, 1.82) is 0 Å². The normalized spacial score (nSPS) is 20.8. The molecular formula is C16H27ClF3N3O2. The summed E-state index contributed by atoms with van der Waals surface area (Å²) in [6.07, 6.45) is -0.815. The van der Waals surface area contributed by atoms with Gasteiger partial charge in [0.05, 0.1) is 12.5 Å². The van der Waals surface area contributed by atoms with Gasteiger partial charge in [0.25, 0.3) is 0 Å². The predicted molar refractivity (Wildman–Crippen MR) is 90.5 cm³/mol. The van der Waals surface area contributed by atoms with Crippen LogP contribution in [0.2, 0.25) is 0 Å². The van der Waals surface area contributed by atoms with Crippen LogP contribution in [0, 0.1) is 11.8 Å². The number of piperidine rings is 1. The van der Waals surface area contributed by atoms with Crippen LogP contribution in [0.5, 0.6) is 0 Å². The first-order valence-corrected chi connectivity index (χ1v) is 8.64. The van der Waals surface area contributed by atoms with E-state index >= 15 is 0 Å². The van der Waals surface area contributed by atoms with Gasteiger partial charge in [-0.25, -0.2) is 0 Å². The molecule has 1 atom stereocenters. The second kappa shape index (κ2) is 9.62. The Labute approximate surface area is 152 Å². The fraction of sp³-hybridized carbons (Fsp3) is 0.875. The molecule has 0 aromatic carbocycles. The number of rotatable bonds is 7. The van der Waals surface area contributed by atoms with Crippen molar-refractivity contribution in [1.82, 2.24) is 15.1 Å². The number of hydrogen-bond acceptors (Lipinski definition) is 3. The second-order valence-corrected chi connectivity index (χ2v) is 6.72. The van der Waals surface area contributed by atoms with E-state index in [1.807, 2.05) is 0 Å². The van der Waals surface area contributed by atoms with E-state index in [1.54, 1.807) is 4.90 Å². The van der Waals surface area contributed by atoms with Crippen molar-refractivity contribution in [2.75, 3.05) is 39.3 Å². The summed E-state index contributed by atoms with van der Waals surface area (Å²) in [7, 11) is 0. The van der Waals surface area contributed by atoms with Crippen LogP contribution in [-0.4, -0.2) is 67.1 Å². The molecule has 1 heterocycles. The smallest absolute Gasteiger partial charge is 0.341 e. The van der Waals surface area contributed by atoms with Gasteiger partial charge in [-0.05, 0) is 45.1 Å². The summed E-state index contributed by atoms with van der Waals surface area (Å²) in [6, 6.07) is 0. The lowest BCUT2D eigenvalue weighted by atomic mass is 9.96. The van der Waals surface area contributed by atoms with E-state index in [1.165, 1.54) is 19.8 Å². The Morgan fingerprint density at radius 2 is 1.92 bits per heavy atom. The highest BCUT2D eigenvalue weighted by Gasteiger charge is 2.36. The van der Waals surface area contributed by atoms with Crippen LogP contribution in [-0.2, 0) is 9.59 Å². The van der Waals surface area contributed by atoms with Gasteiger partial charge in [0, 0.05) is 19.6 Å². The summed E-state index contributed by atoms with van der Waals surface area (Å²) in [5.74, 6) is -0.437. The van der Waals surface area contributed by atoms with Gasteiger partial charge in [0.2, 0.25) is 11.8 Å². The van der Waals surface area contributed by atoms with Gasteiger partial charge in [0.1, 0.15) is 6.54 Å². The number of carbonyl (C=O) groups excluding carboxylic acids is 2. The Balaban J connectivity index is 0.00000312. The minimum Gasteiger partial charge on any atom is -0.341 e. The number of likely N-dealkylation sites (tertiary alicyclic amines) is 1. The maximum Gasteiger partial charge on any atom is 0.406 e. The Bertz CT molecular complexity index is 458. The average molecular weight is 386 g/mol. The van der Waals surface area contributed by atoms with E-state index in [9.17, 15) is 22.8 Å². The predicted octanol–water partition coefficient (Wildman–Crippen LogP) is 2.06. The maximum absolute atomic E-state index is 12.6. The highest BCUT2D eigenvalue weighted by Crippen LogP contribution is 2.27. The van der Waals surface area contributed by atoms with Crippen molar-refractivity contribution in [3.63, 3.8) is 0 Å². The summed E-state index contributed by atoms with van der Waals surface area (Å²) >= 11 is 0. The standard InChI is InChI=1S/C16H26F3N3O2.ClH/c1-2-21(11-16(17,18)19)15(24)13-4-3-7-22(10-13)14(23)9-20-8-12-5-6-12;/h12-13,20H,2-11H2,1H3;1H. The molecule has 5 nitrogen and oxygen atoms in total. The molecule has 146 valence electrons. The first-order chi connectivity index (χ1) is 11.3. The highest BCUT2D eigenvalue weighted by molar-refractivity contribution is 5.85. The third-order valence-corrected chi connectivity index (χ3v) is 4.59. The molecule has 2 fully saturated rings. The average Bonchev–Trinajstić information content (AvgIpc) is 3.35. The molecular weight excluding hydrogens is 359 g/mol. The van der Waals surface area contributed by atoms with Gasteiger partial charge in [-0.1, -0.05) is 0 Å². The van der Waals surface area contributed by atoms with Gasteiger partial charge in [-0.3, -0.25) is 9.59 Å². The second-order valence-electron chi connectivity index (χ2n) is 6.72. The number of hydrogen-bond donors (Lipinski definition) is 1. The van der Waals surface area contributed by atoms with Crippen LogP contribution in [0.1, 0.15) is 32.6 Å². The molecule has 1 N–H and O–H groups in total. The summed E-state index contributed by atoms with van der Waals surface area (Å²) in [5, 5.41) is 3.12. The molecule has 1 unspecified atom stereocenters. The Morgan fingerprint density at radius 1 is 1.24 bits per heavy atom. The van der Waals surface area contributed by atoms with Crippen LogP contribution >= 0.6 is 12.4 Å². The lowest BCUT2D eigenvalue weighted by molar-refractivity contribution is -0.164. The third kappa shape index (κ3) is 7.40. The molecule has 25 heavy (non-hydrogen) atoms. The Kier molecular flexibility index (Phi) is 8.47. The summed E-state index contributed by atoms with van der Waals surface area (Å²) in [5.41, 5.74) is 0. The van der Waals surface area contributed by atoms with E-state index in [2.05, 4.69) is 5.32 Å². The van der Waals surface area contributed by atoms with Crippen molar-refractivity contribution >= 4 is 24.2 Å². The summed E-state index contributed by atoms with van der Waals surface area (Å²) in [6.45, 7) is 2.18. The molecule has 2 rings (SSSR count). The molecule has 2 amide bonds. The molecule has 0 radical (unpaired) electrons. The van der Waals surface area contributed by atoms with Crippen molar-refractivity contribution < 1.29 is 22.8 Å². The maximum atomic E-state index is 12.6. The van der Waals surface area contributed by atoms with Crippen molar-refractivity contribution in [3.8, 4) is 0 Å². The summed E-state index contributed by atoms with van der Waals surface area (Å²) in [4.78, 5) is 27.0. The van der Waals surface area contributed by atoms with E-state index in [0.717, 1.165) is 11.4 Å². The molecule has 0 bridgehead atoms. The topological polar surface area (TPSA) is 52.7 Å². The van der Waals surface area contributed by atoms with E-state index in [-0.39, 0.29) is 37.9 Å². The lowest BCUT2D eigenvalue weighted by Crippen LogP contribution is -2.50. The zero-order valence-corrected chi connectivity index (χ0v) is 15.3. The van der Waals surface area contributed by atoms with Crippen LogP contribution in [0.15, 0.2) is 0 Å². The van der Waals surface area contributed by atoms with Gasteiger partial charge in [-0.15, -0.1) is 12.4 Å². The highest BCUT2D eigenvalue weighted by atomic mass is 35.5. The molecule has 1 aliphatic carbocycles. The number of carbonyl (C=O) groups is 2. The molecule has 1 saturated carbocycles. The zero-order valence-electron chi connectivity index (χ0n) is 14.5. The number of halogens is 4. The molecule has 0 aromatic heterocycles. The quantitative estimate of drug-likeness (QED) is 0.729. The number of amides is 2. The number of nitrogens with one attached hydrogen (secondary N) is 1. The molecule has 0 spiro atoms. The first-order valence-electron chi connectivity index (χ1n) is 8.64. The molecule has 0 aromatic rings. The summed E-state index contributed by atoms with van der Waals surface area (Å²) < 4.78 is 37.7. The van der Waals surface area contributed by atoms with Crippen LogP contribution in [0.25, 0.3) is 0 Å². The van der Waals surface area contributed by atoms with E-state index < -0.39 is 24.5 Å². The van der Waals surface area contributed by atoms with Crippen LogP contribution in [0.3, 0.4) is 0 Å². The molecule has 2 aliphatic rings. The van der Waals surface area contributed by atoms with Crippen molar-refractivity contribution in [2.45, 2.75) is 38.8 Å². The molecule has 1 aliphatic heterocycles. The van der Waals surface area contributed by atoms with E-state index in [0.29, 0.717) is 25.3 Å². The SMILES string of the molecule is CCN(CC(F)(F)F)C(=O)C1CCCN(C(=O)CNCC2CC2)C1.Cl. The largest absolute Gasteiger partial charge is 0.406 e. The van der Waals surface area contributed by atoms with Gasteiger partial charge in [0.15, 0.2) is 0 Å². The number of nitrogens with zero attached hydrogens (tertiary/aromatic N) is 2. The van der Waals surface area contributed by atoms with Crippen molar-refractivity contribution in [2.24, 2.45) is 11.8 Å². The van der Waals surface area contributed by atoms with Gasteiger partial charge in [-0.2, -0.15) is 13.2 Å². The van der Waals surface area contributed by atoms with Crippen LogP contribution < -0.4 is 5.32 Å². The van der Waals surface area contributed by atoms with Gasteiger partial charge < -0.3 is 15.1 Å². The van der Waals surface area contributed by atoms with Crippen LogP contribution in [0.4, 0.5) is 13.2 Å². The van der Waals surface area contributed by atoms with E-state index in [4.69, 9.17) is 0 Å². The molecule has 9 heteroatoms. The fourth-order valence-electron chi connectivity index (χ4n) is 3.04. The first kappa shape index (κ1) is 22.0.